The van der Waals surface area contributed by atoms with Gasteiger partial charge >= 0.3 is 0 Å². The van der Waals surface area contributed by atoms with Gasteiger partial charge in [0.2, 0.25) is 12.1 Å². The molecule has 0 spiro atoms. The monoisotopic (exact) mass is 2400 g/mol. The first-order chi connectivity index (χ1) is 70.1. The highest BCUT2D eigenvalue weighted by Crippen LogP contribution is 2.40. The zero-order chi connectivity index (χ0) is 107. The second-order valence-electron chi connectivity index (χ2n) is 33.3. The lowest BCUT2D eigenvalue weighted by molar-refractivity contribution is -0.190. The van der Waals surface area contributed by atoms with E-state index in [2.05, 4.69) is 9.47 Å². The van der Waals surface area contributed by atoms with Crippen LogP contribution in [0.25, 0.3) is 0 Å². The van der Waals surface area contributed by atoms with Crippen molar-refractivity contribution in [1.82, 2.24) is 0 Å². The molecule has 6 aliphatic rings. The SMILES string of the molecule is COC1O[C@H](CO)[C@@H](O)[C@H]1O.COC1O[C@H](COCc2ccc(Cl)cc2Cl)[C@@H](OCc2ccc(Cl)cc2Cl)C1=O.COC1O[C@H](COCc2ccc(Cl)cc2Cl)[C@@H](OCc2ccc(Cl)cc2Cl)[C@@]1(C)O.COC1O[C@H](COCc2ccc(Cl)cc2Cl)[C@@H](OCc2ccc(Cl)cc2Cl)[C@H]1O.COC1O[C@H](COCc2ccc(Cl)cc2Cl)[C@@H](OCc2ccc(Cl)cc2Cl)[C@H]1OCc1ccc(Cl)cc1Cl.OC[C@H]1OC(O)[C@H](O)[C@@H]1O. The van der Waals surface area contributed by atoms with Crippen LogP contribution in [0.15, 0.2) is 164 Å². The first-order valence-corrected chi connectivity index (χ1v) is 51.4. The van der Waals surface area contributed by atoms with E-state index in [0.29, 0.717) is 96.0 Å². The third-order valence-corrected chi connectivity index (χ3v) is 28.2. The summed E-state index contributed by atoms with van der Waals surface area (Å²) in [6, 6.07) is 46.5. The van der Waals surface area contributed by atoms with Gasteiger partial charge in [0.1, 0.15) is 103 Å². The van der Waals surface area contributed by atoms with Gasteiger partial charge in [0.15, 0.2) is 31.5 Å². The molecular formula is C99H106Cl18O30. The summed E-state index contributed by atoms with van der Waals surface area (Å²) in [7, 11) is 7.22. The van der Waals surface area contributed by atoms with Crippen molar-refractivity contribution >= 4 is 215 Å². The number of rotatable bonds is 38. The highest BCUT2D eigenvalue weighted by atomic mass is 35.5. The molecule has 0 bridgehead atoms. The van der Waals surface area contributed by atoms with E-state index in [0.717, 1.165) is 44.5 Å². The number of aliphatic hydroxyl groups is 9. The van der Waals surface area contributed by atoms with Gasteiger partial charge in [0, 0.05) is 126 Å². The molecule has 15 rings (SSSR count). The Hall–Kier alpha value is -3.29. The number of ether oxygens (including phenoxy) is 20. The fourth-order valence-corrected chi connectivity index (χ4v) is 19.2. The number of hydrogen-bond donors (Lipinski definition) is 9. The van der Waals surface area contributed by atoms with Crippen LogP contribution in [0.1, 0.15) is 57.0 Å². The van der Waals surface area contributed by atoms with Crippen LogP contribution in [0.4, 0.5) is 0 Å². The van der Waals surface area contributed by atoms with Gasteiger partial charge in [-0.05, 0) is 166 Å². The average molecular weight is 2410 g/mol. The van der Waals surface area contributed by atoms with Crippen LogP contribution in [-0.2, 0) is 159 Å². The molecule has 9 N–H and O–H groups in total. The lowest BCUT2D eigenvalue weighted by Gasteiger charge is -2.29. The zero-order valence-electron chi connectivity index (χ0n) is 78.8. The molecule has 23 atom stereocenters. The molecule has 0 radical (unpaired) electrons. The lowest BCUT2D eigenvalue weighted by atomic mass is 9.97. The van der Waals surface area contributed by atoms with Crippen LogP contribution < -0.4 is 0 Å². The van der Waals surface area contributed by atoms with Gasteiger partial charge < -0.3 is 141 Å². The Kier molecular flexibility index (Phi) is 53.1. The molecule has 6 unspecified atom stereocenters. The minimum Gasteiger partial charge on any atom is -0.394 e. The topological polar surface area (TPSA) is 384 Å². The molecule has 147 heavy (non-hydrogen) atoms. The molecule has 808 valence electrons. The summed E-state index contributed by atoms with van der Waals surface area (Å²) in [5.41, 5.74) is 5.50. The minimum atomic E-state index is -1.39. The molecule has 6 heterocycles. The summed E-state index contributed by atoms with van der Waals surface area (Å²) >= 11 is 110. The van der Waals surface area contributed by atoms with Gasteiger partial charge in [-0.2, -0.15) is 0 Å². The maximum atomic E-state index is 12.5. The third-order valence-electron chi connectivity index (χ3n) is 23.0. The van der Waals surface area contributed by atoms with Crippen molar-refractivity contribution in [2.24, 2.45) is 0 Å². The van der Waals surface area contributed by atoms with E-state index in [1.807, 2.05) is 18.2 Å². The normalized spacial score (nSPS) is 26.5. The van der Waals surface area contributed by atoms with Gasteiger partial charge in [-0.25, -0.2) is 0 Å². The molecule has 6 aliphatic heterocycles. The van der Waals surface area contributed by atoms with Crippen molar-refractivity contribution in [3.63, 3.8) is 0 Å². The van der Waals surface area contributed by atoms with Gasteiger partial charge in [0.05, 0.1) is 99.1 Å². The van der Waals surface area contributed by atoms with Crippen molar-refractivity contribution in [3.8, 4) is 0 Å². The van der Waals surface area contributed by atoms with E-state index in [1.54, 1.807) is 160 Å². The first kappa shape index (κ1) is 126. The van der Waals surface area contributed by atoms with Crippen molar-refractivity contribution in [2.75, 3.05) is 75.2 Å². The molecule has 0 aliphatic carbocycles. The molecule has 48 heteroatoms. The third kappa shape index (κ3) is 36.9. The molecule has 6 fully saturated rings. The Balaban J connectivity index is 0.000000188. The number of carbonyl (C=O) groups excluding carboxylic acids is 1. The van der Waals surface area contributed by atoms with E-state index in [4.69, 9.17) is 330 Å². The number of hydrogen-bond acceptors (Lipinski definition) is 30. The van der Waals surface area contributed by atoms with Crippen LogP contribution in [0, 0.1) is 0 Å². The van der Waals surface area contributed by atoms with E-state index >= 15 is 0 Å². The molecule has 0 amide bonds. The number of halogens is 18. The lowest BCUT2D eigenvalue weighted by Crippen LogP contribution is -2.48. The number of carbonyl (C=O) groups is 1. The van der Waals surface area contributed by atoms with Crippen LogP contribution in [0.2, 0.25) is 90.4 Å². The number of ketones is 1. The quantitative estimate of drug-likeness (QED) is 0.0173. The Morgan fingerprint density at radius 3 is 0.857 bits per heavy atom. The molecule has 9 aromatic carbocycles. The second-order valence-corrected chi connectivity index (χ2v) is 40.9. The van der Waals surface area contributed by atoms with E-state index in [-0.39, 0.29) is 98.3 Å². The van der Waals surface area contributed by atoms with Crippen molar-refractivity contribution < 1.29 is 145 Å². The van der Waals surface area contributed by atoms with Crippen molar-refractivity contribution in [3.05, 3.63) is 304 Å². The highest BCUT2D eigenvalue weighted by Gasteiger charge is 2.55. The van der Waals surface area contributed by atoms with Crippen LogP contribution in [-0.4, -0.2) is 268 Å². The number of benzene rings is 9. The fraction of sp³-hybridized carbons (Fsp3) is 0.444. The van der Waals surface area contributed by atoms with Gasteiger partial charge in [-0.1, -0.05) is 263 Å². The Morgan fingerprint density at radius 1 is 0.279 bits per heavy atom. The smallest absolute Gasteiger partial charge is 0.220 e. The zero-order valence-corrected chi connectivity index (χ0v) is 92.4. The van der Waals surface area contributed by atoms with E-state index < -0.39 is 148 Å². The van der Waals surface area contributed by atoms with Gasteiger partial charge in [0.25, 0.3) is 0 Å². The summed E-state index contributed by atoms with van der Waals surface area (Å²) < 4.78 is 112. The number of methoxy groups -OCH3 is 5. The molecule has 30 nitrogen and oxygen atoms in total. The summed E-state index contributed by atoms with van der Waals surface area (Å²) in [5, 5.41) is 92.6. The highest BCUT2D eigenvalue weighted by molar-refractivity contribution is 6.39. The van der Waals surface area contributed by atoms with E-state index in [1.165, 1.54) is 28.4 Å². The van der Waals surface area contributed by atoms with Crippen molar-refractivity contribution in [2.45, 2.75) is 207 Å². The predicted molar refractivity (Wildman–Crippen MR) is 559 cm³/mol. The summed E-state index contributed by atoms with van der Waals surface area (Å²) in [6.07, 6.45) is -18.5. The summed E-state index contributed by atoms with van der Waals surface area (Å²) in [4.78, 5) is 12.5. The van der Waals surface area contributed by atoms with Crippen molar-refractivity contribution in [1.29, 1.82) is 0 Å². The Labute approximate surface area is 938 Å². The Bertz CT molecular complexity index is 5630. The number of aliphatic hydroxyl groups excluding tert-OH is 8. The Morgan fingerprint density at radius 2 is 0.558 bits per heavy atom. The molecule has 9 aromatic rings. The maximum Gasteiger partial charge on any atom is 0.220 e. The molecule has 6 saturated heterocycles. The van der Waals surface area contributed by atoms with Gasteiger partial charge in [-0.15, -0.1) is 0 Å². The van der Waals surface area contributed by atoms with Crippen LogP contribution in [0.5, 0.6) is 0 Å². The molecular weight excluding hydrogens is 2310 g/mol. The minimum absolute atomic E-state index is 0.115. The van der Waals surface area contributed by atoms with Gasteiger partial charge in [-0.3, -0.25) is 4.79 Å². The predicted octanol–water partition coefficient (Wildman–Crippen LogP) is 20.2. The molecule has 0 saturated carbocycles. The number of Topliss-reactive ketones (excluding diaryl/α,β-unsaturated/α-hetero) is 1. The second kappa shape index (κ2) is 62.2. The first-order valence-electron chi connectivity index (χ1n) is 44.6. The maximum absolute atomic E-state index is 12.5. The summed E-state index contributed by atoms with van der Waals surface area (Å²) in [6.45, 7) is 3.38. The largest absolute Gasteiger partial charge is 0.394 e. The van der Waals surface area contributed by atoms with Crippen LogP contribution >= 0.6 is 209 Å². The average Bonchev–Trinajstić information content (AvgIpc) is 1.62. The summed E-state index contributed by atoms with van der Waals surface area (Å²) in [5.74, 6) is -0.310. The molecule has 0 aromatic heterocycles. The standard InChI is InChI=1S/C27H24Cl6O5.C21H22Cl4O5.C20H20Cl4O5.C20H18Cl4O5.C6H12O5.C5H10O5/c1-34-27-26(37-13-17-4-7-20(30)10-23(17)33)25(36-12-16-3-6-19(29)9-22(16)32)24(38-27)14-35-11-15-2-5-18(28)8-21(15)31;1-21(26)19(29-10-13-4-6-15(23)8-17(13)25)18(30-20(21)27-2)11-28-9-12-3-5-14(22)7-16(12)24;2*1-26-20-18(25)19(28-9-12-3-5-14(22)7-16(12)24)17(29-20)10-27-8-11-2-4-13(21)6-15(11)23;1-10-6-5(9)4(8)3(2-7)11-6;6-1-2-3(7)4(8)5(9)10-2/h2-10,24-27H,11-14H2,1H3;3-8,18-20,26H,9-11H2,1-2H3;2-7,17-20,25H,8-10H2,1H3;2-7,17,19-20H,8-10H2,1H3;3-9H,2H2,1H3;2-9H,1H2/t24-,25-,26-,27?;18-,19-,20?,21-;17-,18-,19-,20?;17-,19-,20?;3-,4-,5-,6?;2-,3-,4-,5?/m111111/s1. The fourth-order valence-electron chi connectivity index (χ4n) is 15.1. The van der Waals surface area contributed by atoms with Crippen LogP contribution in [0.3, 0.4) is 0 Å². The van der Waals surface area contributed by atoms with E-state index in [9.17, 15) is 15.0 Å².